The van der Waals surface area contributed by atoms with E-state index in [1.807, 2.05) is 0 Å². The van der Waals surface area contributed by atoms with Crippen LogP contribution in [-0.4, -0.2) is 38.8 Å². The van der Waals surface area contributed by atoms with Gasteiger partial charge in [0.2, 0.25) is 4.80 Å². The summed E-state index contributed by atoms with van der Waals surface area (Å²) in [7, 11) is -4.03. The van der Waals surface area contributed by atoms with E-state index in [1.165, 1.54) is 28.8 Å². The fourth-order valence-electron chi connectivity index (χ4n) is 2.93. The number of sulfonamides is 1. The van der Waals surface area contributed by atoms with E-state index in [9.17, 15) is 13.2 Å². The molecule has 3 aromatic rings. The maximum Gasteiger partial charge on any atom is 0.326 e. The molecule has 1 aromatic heterocycles. The molecule has 0 fully saturated rings. The average Bonchev–Trinajstić information content (AvgIpc) is 3.02. The van der Waals surface area contributed by atoms with Crippen molar-refractivity contribution in [2.75, 3.05) is 19.8 Å². The Bertz CT molecular complexity index is 1280. The minimum atomic E-state index is -4.03. The second-order valence-corrected chi connectivity index (χ2v) is 9.31. The highest BCUT2D eigenvalue weighted by atomic mass is 35.5. The molecule has 0 bridgehead atoms. The van der Waals surface area contributed by atoms with Gasteiger partial charge in [-0.25, -0.2) is 0 Å². The summed E-state index contributed by atoms with van der Waals surface area (Å²) < 4.78 is 48.1. The number of aromatic nitrogens is 1. The summed E-state index contributed by atoms with van der Waals surface area (Å²) in [5.74, 6) is 0.582. The normalized spacial score (nSPS) is 14.1. The highest BCUT2D eigenvalue weighted by Gasteiger charge is 2.20. The number of esters is 1. The minimum Gasteiger partial charge on any atom is -0.486 e. The maximum absolute atomic E-state index is 12.8. The Hall–Kier alpha value is -2.56. The molecule has 0 saturated heterocycles. The topological polar surface area (TPSA) is 96.2 Å². The van der Waals surface area contributed by atoms with Crippen LogP contribution in [0.3, 0.4) is 0 Å². The Morgan fingerprint density at radius 3 is 2.53 bits per heavy atom. The van der Waals surface area contributed by atoms with Crippen molar-refractivity contribution < 1.29 is 27.4 Å². The van der Waals surface area contributed by atoms with E-state index in [-0.39, 0.29) is 22.8 Å². The first-order valence-corrected chi connectivity index (χ1v) is 11.7. The lowest BCUT2D eigenvalue weighted by Gasteiger charge is -2.18. The van der Waals surface area contributed by atoms with Gasteiger partial charge in [-0.1, -0.05) is 22.9 Å². The fourth-order valence-corrected chi connectivity index (χ4v) is 5.30. The monoisotopic (exact) mass is 468 g/mol. The predicted octanol–water partition coefficient (Wildman–Crippen LogP) is 2.98. The van der Waals surface area contributed by atoms with Gasteiger partial charge in [-0.15, -0.1) is 4.40 Å². The largest absolute Gasteiger partial charge is 0.486 e. The zero-order valence-corrected chi connectivity index (χ0v) is 18.2. The molecule has 0 saturated carbocycles. The molecule has 0 unspecified atom stereocenters. The number of hydrogen-bond donors (Lipinski definition) is 0. The third kappa shape index (κ3) is 4.16. The van der Waals surface area contributed by atoms with Gasteiger partial charge in [-0.2, -0.15) is 8.42 Å². The van der Waals surface area contributed by atoms with Crippen LogP contribution in [0.2, 0.25) is 5.02 Å². The molecule has 0 aliphatic carbocycles. The molecule has 8 nitrogen and oxygen atoms in total. The molecule has 0 spiro atoms. The van der Waals surface area contributed by atoms with Crippen molar-refractivity contribution in [3.8, 4) is 11.5 Å². The third-order valence-electron chi connectivity index (χ3n) is 4.25. The van der Waals surface area contributed by atoms with Gasteiger partial charge in [0.15, 0.2) is 11.5 Å². The van der Waals surface area contributed by atoms with Crippen molar-refractivity contribution in [2.45, 2.75) is 18.4 Å². The van der Waals surface area contributed by atoms with Crippen LogP contribution in [-0.2, 0) is 26.1 Å². The van der Waals surface area contributed by atoms with Gasteiger partial charge in [-0.05, 0) is 31.2 Å². The Morgan fingerprint density at radius 2 is 1.87 bits per heavy atom. The van der Waals surface area contributed by atoms with Crippen LogP contribution in [0.5, 0.6) is 11.5 Å². The molecule has 0 radical (unpaired) electrons. The second-order valence-electron chi connectivity index (χ2n) is 6.26. The van der Waals surface area contributed by atoms with Gasteiger partial charge >= 0.3 is 5.97 Å². The molecule has 4 rings (SSSR count). The van der Waals surface area contributed by atoms with Gasteiger partial charge in [0, 0.05) is 17.2 Å². The average molecular weight is 469 g/mol. The first-order chi connectivity index (χ1) is 14.4. The molecule has 2 aromatic carbocycles. The number of benzene rings is 2. The van der Waals surface area contributed by atoms with Crippen molar-refractivity contribution in [1.82, 2.24) is 4.57 Å². The number of fused-ring (bicyclic) bond motifs is 2. The van der Waals surface area contributed by atoms with Gasteiger partial charge in [-0.3, -0.25) is 4.79 Å². The molecule has 2 heterocycles. The molecule has 0 N–H and O–H groups in total. The van der Waals surface area contributed by atoms with Crippen molar-refractivity contribution in [2.24, 2.45) is 4.40 Å². The van der Waals surface area contributed by atoms with Crippen LogP contribution in [0.15, 0.2) is 45.7 Å². The molecule has 11 heteroatoms. The Morgan fingerprint density at radius 1 is 1.20 bits per heavy atom. The first kappa shape index (κ1) is 20.7. The van der Waals surface area contributed by atoms with Crippen LogP contribution >= 0.6 is 22.9 Å². The van der Waals surface area contributed by atoms with Crippen molar-refractivity contribution >= 4 is 49.1 Å². The van der Waals surface area contributed by atoms with Crippen molar-refractivity contribution in [3.63, 3.8) is 0 Å². The van der Waals surface area contributed by atoms with E-state index < -0.39 is 16.0 Å². The van der Waals surface area contributed by atoms with Gasteiger partial charge in [0.1, 0.15) is 19.8 Å². The Kier molecular flexibility index (Phi) is 5.72. The van der Waals surface area contributed by atoms with Crippen LogP contribution < -0.4 is 14.3 Å². The smallest absolute Gasteiger partial charge is 0.326 e. The summed E-state index contributed by atoms with van der Waals surface area (Å²) in [5, 5.41) is 0.416. The van der Waals surface area contributed by atoms with E-state index in [2.05, 4.69) is 4.40 Å². The van der Waals surface area contributed by atoms with E-state index in [4.69, 9.17) is 25.8 Å². The van der Waals surface area contributed by atoms with E-state index in [0.29, 0.717) is 40.0 Å². The quantitative estimate of drug-likeness (QED) is 0.534. The van der Waals surface area contributed by atoms with Crippen LogP contribution in [0.4, 0.5) is 0 Å². The zero-order valence-electron chi connectivity index (χ0n) is 15.8. The maximum atomic E-state index is 12.8. The second kappa shape index (κ2) is 8.29. The first-order valence-electron chi connectivity index (χ1n) is 9.02. The number of carbonyl (C=O) groups is 1. The fraction of sp³-hybridized carbons (Fsp3) is 0.263. The molecular formula is C19H17ClN2O6S2. The lowest BCUT2D eigenvalue weighted by Crippen LogP contribution is -2.23. The van der Waals surface area contributed by atoms with Crippen LogP contribution in [0.1, 0.15) is 6.92 Å². The van der Waals surface area contributed by atoms with E-state index in [0.717, 1.165) is 11.3 Å². The number of carbonyl (C=O) groups excluding carboxylic acids is 1. The van der Waals surface area contributed by atoms with Crippen LogP contribution in [0, 0.1) is 0 Å². The zero-order chi connectivity index (χ0) is 21.3. The molecular weight excluding hydrogens is 452 g/mol. The molecule has 0 amide bonds. The minimum absolute atomic E-state index is 0.00185. The molecule has 0 atom stereocenters. The van der Waals surface area contributed by atoms with E-state index in [1.54, 1.807) is 19.1 Å². The summed E-state index contributed by atoms with van der Waals surface area (Å²) in [6.07, 6.45) is 0. The number of thiazole rings is 1. The van der Waals surface area contributed by atoms with Gasteiger partial charge in [0.25, 0.3) is 10.0 Å². The van der Waals surface area contributed by atoms with Gasteiger partial charge < -0.3 is 18.8 Å². The molecule has 30 heavy (non-hydrogen) atoms. The lowest BCUT2D eigenvalue weighted by atomic mass is 10.2. The van der Waals surface area contributed by atoms with Gasteiger partial charge in [0.05, 0.1) is 21.7 Å². The number of rotatable bonds is 5. The summed E-state index contributed by atoms with van der Waals surface area (Å²) in [4.78, 5) is 12.3. The highest BCUT2D eigenvalue weighted by Crippen LogP contribution is 2.35. The number of hydrogen-bond acceptors (Lipinski definition) is 7. The summed E-state index contributed by atoms with van der Waals surface area (Å²) in [5.41, 5.74) is 0.599. The number of halogens is 1. The Labute approximate surface area is 181 Å². The molecule has 158 valence electrons. The van der Waals surface area contributed by atoms with E-state index >= 15 is 0 Å². The SMILES string of the molecule is CCOC(=O)Cn1c(=NS(=O)(=O)c2ccc(Cl)cc2)sc2cc3c(cc21)OCCO3. The number of ether oxygens (including phenoxy) is 3. The summed E-state index contributed by atoms with van der Waals surface area (Å²) in [6.45, 7) is 2.55. The molecule has 1 aliphatic rings. The third-order valence-corrected chi connectivity index (χ3v) is 6.94. The number of nitrogens with zero attached hydrogens (tertiary/aromatic N) is 2. The van der Waals surface area contributed by atoms with Crippen molar-refractivity contribution in [1.29, 1.82) is 0 Å². The van der Waals surface area contributed by atoms with Crippen LogP contribution in [0.25, 0.3) is 10.2 Å². The highest BCUT2D eigenvalue weighted by molar-refractivity contribution is 7.90. The molecule has 1 aliphatic heterocycles. The summed E-state index contributed by atoms with van der Waals surface area (Å²) in [6, 6.07) is 9.18. The standard InChI is InChI=1S/C19H17ClN2O6S2/c1-2-26-18(23)11-22-14-9-15-16(28-8-7-27-15)10-17(14)29-19(22)21-30(24,25)13-5-3-12(20)4-6-13/h3-6,9-10H,2,7-8,11H2,1H3. The Balaban J connectivity index is 1.89. The van der Waals surface area contributed by atoms with Crippen molar-refractivity contribution in [3.05, 3.63) is 46.2 Å². The predicted molar refractivity (Wildman–Crippen MR) is 112 cm³/mol. The lowest BCUT2D eigenvalue weighted by molar-refractivity contribution is -0.143. The summed E-state index contributed by atoms with van der Waals surface area (Å²) >= 11 is 6.98.